The number of hydrogen-bond donors (Lipinski definition) is 0. The van der Waals surface area contributed by atoms with Crippen molar-refractivity contribution >= 4 is 78.0 Å². The van der Waals surface area contributed by atoms with E-state index in [4.69, 9.17) is 8.83 Å². The van der Waals surface area contributed by atoms with Gasteiger partial charge in [0.15, 0.2) is 11.2 Å². The molecule has 14 rings (SSSR count). The largest absolute Gasteiger partial charge is 0.454 e. The van der Waals surface area contributed by atoms with E-state index in [1.165, 1.54) is 44.5 Å². The first-order chi connectivity index (χ1) is 32.3. The summed E-state index contributed by atoms with van der Waals surface area (Å²) in [6.07, 6.45) is 0. The number of benzene rings is 10. The van der Waals surface area contributed by atoms with Gasteiger partial charge < -0.3 is 18.6 Å². The lowest BCUT2D eigenvalue weighted by atomic mass is 9.70. The molecule has 2 heterocycles. The highest BCUT2D eigenvalue weighted by Gasteiger charge is 2.52. The Morgan fingerprint density at radius 1 is 0.277 bits per heavy atom. The van der Waals surface area contributed by atoms with Gasteiger partial charge in [-0.1, -0.05) is 158 Å². The molecule has 10 aromatic carbocycles. The molecule has 0 saturated heterocycles. The smallest absolute Gasteiger partial charge is 0.159 e. The molecule has 1 spiro atoms. The number of hydrogen-bond acceptors (Lipinski definition) is 4. The van der Waals surface area contributed by atoms with Crippen molar-refractivity contribution in [1.82, 2.24) is 0 Å². The number of anilines is 6. The van der Waals surface area contributed by atoms with Crippen LogP contribution in [0, 0.1) is 0 Å². The third-order valence-electron chi connectivity index (χ3n) is 13.9. The number of fused-ring (bicyclic) bond motifs is 16. The van der Waals surface area contributed by atoms with Crippen molar-refractivity contribution in [1.29, 1.82) is 0 Å². The van der Waals surface area contributed by atoms with Gasteiger partial charge in [0.05, 0.1) is 16.8 Å². The van der Waals surface area contributed by atoms with E-state index in [0.29, 0.717) is 0 Å². The Bertz CT molecular complexity index is 3610. The molecule has 0 unspecified atom stereocenters. The van der Waals surface area contributed by atoms with Crippen LogP contribution in [0.5, 0.6) is 0 Å². The van der Waals surface area contributed by atoms with E-state index in [0.717, 1.165) is 78.0 Å². The summed E-state index contributed by atoms with van der Waals surface area (Å²) in [6.45, 7) is 0. The van der Waals surface area contributed by atoms with Crippen molar-refractivity contribution in [2.24, 2.45) is 0 Å². The molecule has 12 aromatic rings. The molecule has 304 valence electrons. The molecule has 0 bridgehead atoms. The summed E-state index contributed by atoms with van der Waals surface area (Å²) < 4.78 is 13.5. The molecule has 2 aliphatic carbocycles. The maximum Gasteiger partial charge on any atom is 0.159 e. The van der Waals surface area contributed by atoms with Gasteiger partial charge in [0.1, 0.15) is 11.2 Å². The monoisotopic (exact) mass is 830 g/mol. The summed E-state index contributed by atoms with van der Waals surface area (Å²) in [5.41, 5.74) is 19.2. The number of nitrogens with zero attached hydrogens (tertiary/aromatic N) is 2. The van der Waals surface area contributed by atoms with Crippen LogP contribution in [0.15, 0.2) is 239 Å². The Labute approximate surface area is 375 Å². The maximum atomic E-state index is 6.73. The average Bonchev–Trinajstić information content (AvgIpc) is 4.11. The number of rotatable bonds is 6. The van der Waals surface area contributed by atoms with Crippen LogP contribution in [0.3, 0.4) is 0 Å². The molecule has 2 aliphatic rings. The third kappa shape index (κ3) is 5.02. The van der Waals surface area contributed by atoms with Gasteiger partial charge in [0.2, 0.25) is 0 Å². The normalized spacial score (nSPS) is 13.0. The summed E-state index contributed by atoms with van der Waals surface area (Å²) in [4.78, 5) is 4.71. The maximum absolute atomic E-state index is 6.73. The van der Waals surface area contributed by atoms with E-state index in [1.54, 1.807) is 0 Å². The minimum absolute atomic E-state index is 0.526. The van der Waals surface area contributed by atoms with Crippen LogP contribution in [0.2, 0.25) is 0 Å². The molecule has 4 heteroatoms. The second-order valence-corrected chi connectivity index (χ2v) is 17.1. The number of para-hydroxylation sites is 6. The molecule has 0 aliphatic heterocycles. The summed E-state index contributed by atoms with van der Waals surface area (Å²) in [6, 6.07) is 83.2. The van der Waals surface area contributed by atoms with E-state index < -0.39 is 5.41 Å². The second-order valence-electron chi connectivity index (χ2n) is 17.1. The van der Waals surface area contributed by atoms with Gasteiger partial charge in [-0.15, -0.1) is 0 Å². The van der Waals surface area contributed by atoms with Gasteiger partial charge in [-0.2, -0.15) is 0 Å². The minimum atomic E-state index is -0.526. The quantitative estimate of drug-likeness (QED) is 0.167. The van der Waals surface area contributed by atoms with Gasteiger partial charge in [0, 0.05) is 44.3 Å². The summed E-state index contributed by atoms with van der Waals surface area (Å²) in [7, 11) is 0. The lowest BCUT2D eigenvalue weighted by Crippen LogP contribution is -2.26. The first-order valence-corrected chi connectivity index (χ1v) is 22.3. The first kappa shape index (κ1) is 35.9. The van der Waals surface area contributed by atoms with Crippen molar-refractivity contribution in [3.8, 4) is 22.3 Å². The highest BCUT2D eigenvalue weighted by atomic mass is 16.3. The van der Waals surface area contributed by atoms with E-state index in [9.17, 15) is 0 Å². The van der Waals surface area contributed by atoms with Crippen molar-refractivity contribution in [2.75, 3.05) is 9.80 Å². The fourth-order valence-electron chi connectivity index (χ4n) is 11.2. The van der Waals surface area contributed by atoms with Crippen molar-refractivity contribution in [2.45, 2.75) is 5.41 Å². The molecule has 0 fully saturated rings. The highest BCUT2D eigenvalue weighted by molar-refractivity contribution is 6.12. The van der Waals surface area contributed by atoms with Crippen LogP contribution >= 0.6 is 0 Å². The molecule has 65 heavy (non-hydrogen) atoms. The summed E-state index contributed by atoms with van der Waals surface area (Å²) in [5.74, 6) is 0. The number of furan rings is 2. The molecular weight excluding hydrogens is 793 g/mol. The molecule has 0 radical (unpaired) electrons. The minimum Gasteiger partial charge on any atom is -0.454 e. The zero-order valence-electron chi connectivity index (χ0n) is 35.2. The van der Waals surface area contributed by atoms with Gasteiger partial charge in [0.25, 0.3) is 0 Å². The molecule has 0 saturated carbocycles. The van der Waals surface area contributed by atoms with Gasteiger partial charge >= 0.3 is 0 Å². The Morgan fingerprint density at radius 2 is 0.662 bits per heavy atom. The Morgan fingerprint density at radius 3 is 1.14 bits per heavy atom. The van der Waals surface area contributed by atoms with Crippen LogP contribution in [0.25, 0.3) is 66.1 Å². The van der Waals surface area contributed by atoms with E-state index >= 15 is 0 Å². The zero-order chi connectivity index (χ0) is 42.6. The highest BCUT2D eigenvalue weighted by Crippen LogP contribution is 2.64. The van der Waals surface area contributed by atoms with Crippen molar-refractivity contribution in [3.63, 3.8) is 0 Å². The lowest BCUT2D eigenvalue weighted by Gasteiger charge is -2.31. The molecule has 0 atom stereocenters. The Hall–Kier alpha value is -8.60. The molecule has 0 amide bonds. The predicted octanol–water partition coefficient (Wildman–Crippen LogP) is 16.8. The molecule has 2 aromatic heterocycles. The van der Waals surface area contributed by atoms with Crippen LogP contribution in [-0.2, 0) is 5.41 Å². The third-order valence-corrected chi connectivity index (χ3v) is 13.9. The van der Waals surface area contributed by atoms with Gasteiger partial charge in [-0.25, -0.2) is 0 Å². The van der Waals surface area contributed by atoms with Crippen LogP contribution in [0.1, 0.15) is 22.3 Å². The van der Waals surface area contributed by atoms with E-state index in [1.807, 2.05) is 12.1 Å². The van der Waals surface area contributed by atoms with Crippen LogP contribution < -0.4 is 9.80 Å². The standard InChI is InChI=1S/C61H38N2O2/c1-3-17-39(18-4-1)62(55-29-15-25-47-45-23-9-13-31-57(45)64-59(47)55)41-33-35-53-49(37-41)50-38-42(34-36-54(50)61(53)51-27-11-7-21-43(51)44-22-8-12-28-52(44)61)63(40-19-5-2-6-20-40)56-30-16-26-48-46-24-10-14-32-58(46)65-60(48)56/h1-38H. The predicted molar refractivity (Wildman–Crippen MR) is 267 cm³/mol. The second kappa shape index (κ2) is 13.7. The van der Waals surface area contributed by atoms with E-state index in [2.05, 4.69) is 228 Å². The fraction of sp³-hybridized carbons (Fsp3) is 0.0164. The van der Waals surface area contributed by atoms with Gasteiger partial charge in [-0.05, 0) is 117 Å². The Balaban J connectivity index is 1.05. The lowest BCUT2D eigenvalue weighted by molar-refractivity contribution is 0.668. The fourth-order valence-corrected chi connectivity index (χ4v) is 11.2. The Kier molecular flexibility index (Phi) is 7.57. The van der Waals surface area contributed by atoms with Crippen LogP contribution in [-0.4, -0.2) is 0 Å². The zero-order valence-corrected chi connectivity index (χ0v) is 35.2. The molecule has 0 N–H and O–H groups in total. The van der Waals surface area contributed by atoms with Crippen molar-refractivity contribution in [3.05, 3.63) is 253 Å². The molecule has 4 nitrogen and oxygen atoms in total. The van der Waals surface area contributed by atoms with Crippen LogP contribution in [0.4, 0.5) is 34.1 Å². The van der Waals surface area contributed by atoms with E-state index in [-0.39, 0.29) is 0 Å². The molecular formula is C61H38N2O2. The summed E-state index contributed by atoms with van der Waals surface area (Å²) in [5, 5.41) is 4.40. The van der Waals surface area contributed by atoms with Gasteiger partial charge in [-0.3, -0.25) is 0 Å². The first-order valence-electron chi connectivity index (χ1n) is 22.3. The average molecular weight is 831 g/mol. The SMILES string of the molecule is c1ccc(N(c2ccc3c(c2)-c2cc(N(c4ccccc4)c4cccc5c4oc4ccccc45)ccc2C32c3ccccc3-c3ccccc32)c2cccc3c2oc2ccccc23)cc1. The topological polar surface area (TPSA) is 32.8 Å². The summed E-state index contributed by atoms with van der Waals surface area (Å²) >= 11 is 0. The van der Waals surface area contributed by atoms with Crippen molar-refractivity contribution < 1.29 is 8.83 Å².